The molecule has 0 atom stereocenters. The van der Waals surface area contributed by atoms with Crippen molar-refractivity contribution in [2.24, 2.45) is 4.99 Å². The summed E-state index contributed by atoms with van der Waals surface area (Å²) >= 11 is 0. The molecule has 4 rings (SSSR count). The van der Waals surface area contributed by atoms with Crippen LogP contribution in [0.2, 0.25) is 0 Å². The van der Waals surface area contributed by atoms with E-state index in [1.807, 2.05) is 12.1 Å². The Kier molecular flexibility index (Phi) is 8.08. The Morgan fingerprint density at radius 1 is 0.833 bits per heavy atom. The number of hydrogen-bond donors (Lipinski definition) is 1. The van der Waals surface area contributed by atoms with E-state index < -0.39 is 18.0 Å². The van der Waals surface area contributed by atoms with Gasteiger partial charge in [-0.15, -0.1) is 13.2 Å². The Balaban J connectivity index is 1.42. The number of aliphatic imine (C=N–C) groups is 1. The third kappa shape index (κ3) is 6.74. The Morgan fingerprint density at radius 3 is 2.14 bits per heavy atom. The van der Waals surface area contributed by atoms with Gasteiger partial charge in [-0.2, -0.15) is 0 Å². The molecule has 3 aromatic rings. The van der Waals surface area contributed by atoms with E-state index in [0.29, 0.717) is 11.4 Å². The predicted molar refractivity (Wildman–Crippen MR) is 137 cm³/mol. The number of halogens is 3. The van der Waals surface area contributed by atoms with E-state index in [9.17, 15) is 18.0 Å². The van der Waals surface area contributed by atoms with Crippen molar-refractivity contribution in [3.63, 3.8) is 0 Å². The quantitative estimate of drug-likeness (QED) is 0.289. The van der Waals surface area contributed by atoms with Crippen LogP contribution in [0, 0.1) is 0 Å². The highest BCUT2D eigenvalue weighted by Crippen LogP contribution is 2.32. The SMILES string of the molecule is CCCCCCCCc1ccc(-c2ccc(N=C3C(=O)Nc4ccc(OC(F)(F)F)cc43)cc2)cc1. The van der Waals surface area contributed by atoms with Gasteiger partial charge in [0.15, 0.2) is 0 Å². The van der Waals surface area contributed by atoms with Crippen LogP contribution in [-0.2, 0) is 11.2 Å². The lowest BCUT2D eigenvalue weighted by Gasteiger charge is -2.09. The van der Waals surface area contributed by atoms with Gasteiger partial charge in [0.05, 0.1) is 11.4 Å². The smallest absolute Gasteiger partial charge is 0.406 e. The summed E-state index contributed by atoms with van der Waals surface area (Å²) in [4.78, 5) is 16.8. The fraction of sp³-hybridized carbons (Fsp3) is 0.310. The first-order valence-electron chi connectivity index (χ1n) is 12.3. The number of anilines is 1. The molecule has 1 heterocycles. The van der Waals surface area contributed by atoms with Gasteiger partial charge >= 0.3 is 6.36 Å². The maximum absolute atomic E-state index is 12.6. The molecule has 0 radical (unpaired) electrons. The van der Waals surface area contributed by atoms with Gasteiger partial charge < -0.3 is 10.1 Å². The largest absolute Gasteiger partial charge is 0.573 e. The average Bonchev–Trinajstić information content (AvgIpc) is 3.15. The van der Waals surface area contributed by atoms with Crippen molar-refractivity contribution < 1.29 is 22.7 Å². The molecule has 7 heteroatoms. The second kappa shape index (κ2) is 11.4. The Hall–Kier alpha value is -3.61. The number of nitrogens with zero attached hydrogens (tertiary/aromatic N) is 1. The molecule has 0 aliphatic carbocycles. The van der Waals surface area contributed by atoms with Crippen LogP contribution in [0.25, 0.3) is 11.1 Å². The molecule has 1 aliphatic heterocycles. The number of alkyl halides is 3. The second-order valence-electron chi connectivity index (χ2n) is 8.93. The van der Waals surface area contributed by atoms with Crippen LogP contribution in [0.5, 0.6) is 5.75 Å². The first kappa shape index (κ1) is 25.5. The summed E-state index contributed by atoms with van der Waals surface area (Å²) in [6, 6.07) is 19.6. The molecule has 36 heavy (non-hydrogen) atoms. The lowest BCUT2D eigenvalue weighted by Crippen LogP contribution is -2.17. The third-order valence-electron chi connectivity index (χ3n) is 6.16. The van der Waals surface area contributed by atoms with E-state index in [1.54, 1.807) is 12.1 Å². The molecule has 0 aromatic heterocycles. The molecule has 0 fully saturated rings. The van der Waals surface area contributed by atoms with Gasteiger partial charge in [-0.25, -0.2) is 4.99 Å². The minimum atomic E-state index is -4.82. The van der Waals surface area contributed by atoms with E-state index in [0.717, 1.165) is 23.6 Å². The summed E-state index contributed by atoms with van der Waals surface area (Å²) < 4.78 is 41.7. The Morgan fingerprint density at radius 2 is 1.47 bits per heavy atom. The van der Waals surface area contributed by atoms with Gasteiger partial charge in [0.2, 0.25) is 0 Å². The summed E-state index contributed by atoms with van der Waals surface area (Å²) in [6.45, 7) is 2.23. The van der Waals surface area contributed by atoms with Gasteiger partial charge in [0, 0.05) is 5.56 Å². The number of carbonyl (C=O) groups excluding carboxylic acids is 1. The van der Waals surface area contributed by atoms with Gasteiger partial charge in [0.25, 0.3) is 5.91 Å². The molecule has 1 amide bonds. The first-order valence-corrected chi connectivity index (χ1v) is 12.3. The van der Waals surface area contributed by atoms with Crippen LogP contribution >= 0.6 is 0 Å². The number of fused-ring (bicyclic) bond motifs is 1. The number of unbranched alkanes of at least 4 members (excludes halogenated alkanes) is 5. The van der Waals surface area contributed by atoms with Gasteiger partial charge in [0.1, 0.15) is 11.5 Å². The number of hydrogen-bond acceptors (Lipinski definition) is 3. The normalized spacial score (nSPS) is 14.1. The highest BCUT2D eigenvalue weighted by molar-refractivity contribution is 6.54. The van der Waals surface area contributed by atoms with Crippen molar-refractivity contribution in [1.29, 1.82) is 0 Å². The first-order chi connectivity index (χ1) is 17.3. The van der Waals surface area contributed by atoms with Crippen LogP contribution in [0.3, 0.4) is 0 Å². The molecule has 1 N–H and O–H groups in total. The van der Waals surface area contributed by atoms with Crippen molar-refractivity contribution in [3.8, 4) is 16.9 Å². The zero-order chi connectivity index (χ0) is 25.5. The highest BCUT2D eigenvalue weighted by atomic mass is 19.4. The molecule has 188 valence electrons. The summed E-state index contributed by atoms with van der Waals surface area (Å²) in [5, 5.41) is 2.62. The molecule has 0 unspecified atom stereocenters. The zero-order valence-corrected chi connectivity index (χ0v) is 20.2. The van der Waals surface area contributed by atoms with E-state index in [-0.39, 0.29) is 11.3 Å². The number of amides is 1. The maximum atomic E-state index is 12.6. The monoisotopic (exact) mass is 494 g/mol. The van der Waals surface area contributed by atoms with Gasteiger partial charge in [-0.1, -0.05) is 75.4 Å². The van der Waals surface area contributed by atoms with Crippen LogP contribution in [0.4, 0.5) is 24.5 Å². The molecular formula is C29H29F3N2O2. The van der Waals surface area contributed by atoms with E-state index in [1.165, 1.54) is 56.2 Å². The fourth-order valence-corrected chi connectivity index (χ4v) is 4.27. The molecule has 0 saturated heterocycles. The second-order valence-corrected chi connectivity index (χ2v) is 8.93. The van der Waals surface area contributed by atoms with Crippen molar-refractivity contribution in [1.82, 2.24) is 0 Å². The zero-order valence-electron chi connectivity index (χ0n) is 20.2. The van der Waals surface area contributed by atoms with Crippen molar-refractivity contribution >= 4 is 23.0 Å². The summed E-state index contributed by atoms with van der Waals surface area (Å²) in [7, 11) is 0. The number of aryl methyl sites for hydroxylation is 1. The summed E-state index contributed by atoms with van der Waals surface area (Å²) in [5.41, 5.74) is 4.67. The number of rotatable bonds is 10. The molecule has 1 aliphatic rings. The number of nitrogens with one attached hydrogen (secondary N) is 1. The van der Waals surface area contributed by atoms with Crippen molar-refractivity contribution in [2.45, 2.75) is 58.2 Å². The van der Waals surface area contributed by atoms with Crippen LogP contribution in [-0.4, -0.2) is 18.0 Å². The maximum Gasteiger partial charge on any atom is 0.573 e. The van der Waals surface area contributed by atoms with Crippen molar-refractivity contribution in [3.05, 3.63) is 77.9 Å². The van der Waals surface area contributed by atoms with E-state index in [2.05, 4.69) is 46.2 Å². The molecule has 3 aromatic carbocycles. The lowest BCUT2D eigenvalue weighted by atomic mass is 10.0. The third-order valence-corrected chi connectivity index (χ3v) is 6.16. The van der Waals surface area contributed by atoms with E-state index in [4.69, 9.17) is 0 Å². The van der Waals surface area contributed by atoms with Crippen LogP contribution in [0.1, 0.15) is 56.6 Å². The van der Waals surface area contributed by atoms with E-state index >= 15 is 0 Å². The number of carbonyl (C=O) groups is 1. The highest BCUT2D eigenvalue weighted by Gasteiger charge is 2.33. The molecule has 0 spiro atoms. The number of benzene rings is 3. The van der Waals surface area contributed by atoms with Crippen molar-refractivity contribution in [2.75, 3.05) is 5.32 Å². The predicted octanol–water partition coefficient (Wildman–Crippen LogP) is 8.23. The molecule has 0 saturated carbocycles. The molecular weight excluding hydrogens is 465 g/mol. The fourth-order valence-electron chi connectivity index (χ4n) is 4.27. The van der Waals surface area contributed by atoms with Crippen LogP contribution < -0.4 is 10.1 Å². The number of ether oxygens (including phenoxy) is 1. The molecule has 4 nitrogen and oxygen atoms in total. The molecule has 0 bridgehead atoms. The van der Waals surface area contributed by atoms with Gasteiger partial charge in [-0.3, -0.25) is 4.79 Å². The topological polar surface area (TPSA) is 50.7 Å². The average molecular weight is 495 g/mol. The van der Waals surface area contributed by atoms with Gasteiger partial charge in [-0.05, 0) is 59.9 Å². The Labute approximate surface area is 209 Å². The standard InChI is InChI=1S/C29H29F3N2O2/c1-2-3-4-5-6-7-8-20-9-11-21(12-10-20)22-13-15-23(16-14-22)33-27-25-19-24(36-29(30,31)32)17-18-26(25)34-28(27)35/h9-19H,2-8H2,1H3,(H,33,34,35). The summed E-state index contributed by atoms with van der Waals surface area (Å²) in [6.07, 6.45) is 3.95. The Bertz CT molecular complexity index is 1220. The van der Waals surface area contributed by atoms with Crippen LogP contribution in [0.15, 0.2) is 71.7 Å². The summed E-state index contributed by atoms with van der Waals surface area (Å²) in [5.74, 6) is -0.875. The lowest BCUT2D eigenvalue weighted by molar-refractivity contribution is -0.274. The minimum Gasteiger partial charge on any atom is -0.406 e. The minimum absolute atomic E-state index is 0.0458.